The summed E-state index contributed by atoms with van der Waals surface area (Å²) in [6.45, 7) is 10.1. The summed E-state index contributed by atoms with van der Waals surface area (Å²) in [5.41, 5.74) is -0.143. The lowest BCUT2D eigenvalue weighted by molar-refractivity contribution is -0.172. The molecule has 0 fully saturated rings. The SMILES string of the molecule is CC=C(C)C(=O)O[C@@H]1c2c(ccc3ccc(=O)oc23)O[C@H]1C(C)(C)OC(=O)C(C)=CC. The minimum absolute atomic E-state index is 0.273. The molecule has 0 aliphatic carbocycles. The summed E-state index contributed by atoms with van der Waals surface area (Å²) in [7, 11) is 0. The monoisotopic (exact) mass is 426 g/mol. The Kier molecular flexibility index (Phi) is 6.06. The van der Waals surface area contributed by atoms with Gasteiger partial charge >= 0.3 is 17.6 Å². The van der Waals surface area contributed by atoms with E-state index in [9.17, 15) is 14.4 Å². The highest BCUT2D eigenvalue weighted by Gasteiger charge is 2.50. The van der Waals surface area contributed by atoms with E-state index in [1.54, 1.807) is 71.9 Å². The maximum absolute atomic E-state index is 12.6. The summed E-state index contributed by atoms with van der Waals surface area (Å²) >= 11 is 0. The summed E-state index contributed by atoms with van der Waals surface area (Å²) < 4.78 is 23.1. The van der Waals surface area contributed by atoms with Gasteiger partial charge < -0.3 is 18.6 Å². The van der Waals surface area contributed by atoms with Crippen molar-refractivity contribution in [2.24, 2.45) is 0 Å². The molecule has 0 N–H and O–H groups in total. The highest BCUT2D eigenvalue weighted by Crippen LogP contribution is 2.47. The van der Waals surface area contributed by atoms with Crippen LogP contribution < -0.4 is 10.4 Å². The van der Waals surface area contributed by atoms with Gasteiger partial charge in [0.25, 0.3) is 0 Å². The number of esters is 2. The number of rotatable bonds is 5. The third-order valence-corrected chi connectivity index (χ3v) is 5.39. The second-order valence-corrected chi connectivity index (χ2v) is 7.95. The molecule has 2 atom stereocenters. The van der Waals surface area contributed by atoms with Crippen molar-refractivity contribution in [1.82, 2.24) is 0 Å². The van der Waals surface area contributed by atoms with Gasteiger partial charge in [0, 0.05) is 22.6 Å². The number of carbonyl (C=O) groups excluding carboxylic acids is 2. The maximum Gasteiger partial charge on any atom is 0.336 e. The van der Waals surface area contributed by atoms with Gasteiger partial charge in [-0.3, -0.25) is 0 Å². The van der Waals surface area contributed by atoms with Crippen molar-refractivity contribution < 1.29 is 28.2 Å². The first kappa shape index (κ1) is 22.3. The summed E-state index contributed by atoms with van der Waals surface area (Å²) in [5.74, 6) is -0.649. The van der Waals surface area contributed by atoms with Gasteiger partial charge in [0.15, 0.2) is 12.2 Å². The summed E-state index contributed by atoms with van der Waals surface area (Å²) in [6, 6.07) is 6.42. The van der Waals surface area contributed by atoms with Crippen LogP contribution in [0.2, 0.25) is 0 Å². The van der Waals surface area contributed by atoms with Gasteiger partial charge in [-0.1, -0.05) is 12.2 Å². The Morgan fingerprint density at radius 1 is 1.00 bits per heavy atom. The Labute approximate surface area is 180 Å². The molecule has 1 aromatic carbocycles. The van der Waals surface area contributed by atoms with Crippen molar-refractivity contribution >= 4 is 22.9 Å². The molecule has 7 nitrogen and oxygen atoms in total. The Hall–Kier alpha value is -3.35. The molecular formula is C24H26O7. The van der Waals surface area contributed by atoms with Crippen LogP contribution in [-0.4, -0.2) is 23.6 Å². The van der Waals surface area contributed by atoms with Crippen LogP contribution in [0, 0.1) is 0 Å². The molecule has 0 amide bonds. The van der Waals surface area contributed by atoms with Crippen LogP contribution in [0.15, 0.2) is 56.8 Å². The minimum atomic E-state index is -1.17. The van der Waals surface area contributed by atoms with Crippen molar-refractivity contribution in [3.63, 3.8) is 0 Å². The first-order valence-corrected chi connectivity index (χ1v) is 10.0. The van der Waals surface area contributed by atoms with Gasteiger partial charge in [0.2, 0.25) is 0 Å². The third-order valence-electron chi connectivity index (χ3n) is 5.39. The Balaban J connectivity index is 2.11. The topological polar surface area (TPSA) is 92.0 Å². The third kappa shape index (κ3) is 4.26. The molecular weight excluding hydrogens is 400 g/mol. The van der Waals surface area contributed by atoms with Crippen LogP contribution in [0.1, 0.15) is 53.2 Å². The standard InChI is InChI=1S/C24H26O7/c1-7-13(3)22(26)30-20-18-16(11-9-15-10-12-17(25)29-19(15)18)28-21(20)24(5,6)31-23(27)14(4)8-2/h7-12,20-21H,1-6H3/t20-,21-/m1/s1. The molecule has 0 unspecified atom stereocenters. The molecule has 164 valence electrons. The zero-order valence-electron chi connectivity index (χ0n) is 18.5. The van der Waals surface area contributed by atoms with Crippen LogP contribution in [-0.2, 0) is 19.1 Å². The molecule has 0 spiro atoms. The van der Waals surface area contributed by atoms with E-state index >= 15 is 0 Å². The van der Waals surface area contributed by atoms with Gasteiger partial charge in [0.05, 0.1) is 5.56 Å². The highest BCUT2D eigenvalue weighted by molar-refractivity contribution is 5.89. The molecule has 2 heterocycles. The molecule has 0 bridgehead atoms. The van der Waals surface area contributed by atoms with Gasteiger partial charge in [-0.2, -0.15) is 0 Å². The van der Waals surface area contributed by atoms with Crippen LogP contribution in [0.5, 0.6) is 5.75 Å². The predicted octanol–water partition coefficient (Wildman–Crippen LogP) is 4.39. The fraction of sp³-hybridized carbons (Fsp3) is 0.375. The highest BCUT2D eigenvalue weighted by atomic mass is 16.6. The average molecular weight is 426 g/mol. The van der Waals surface area contributed by atoms with Crippen molar-refractivity contribution in [3.8, 4) is 5.75 Å². The first-order valence-electron chi connectivity index (χ1n) is 10.0. The van der Waals surface area contributed by atoms with E-state index < -0.39 is 35.4 Å². The molecule has 7 heteroatoms. The number of benzene rings is 1. The Bertz CT molecular complexity index is 1150. The maximum atomic E-state index is 12.6. The minimum Gasteiger partial charge on any atom is -0.481 e. The van der Waals surface area contributed by atoms with E-state index in [0.29, 0.717) is 27.8 Å². The predicted molar refractivity (Wildman–Crippen MR) is 115 cm³/mol. The number of fused-ring (bicyclic) bond motifs is 3. The zero-order chi connectivity index (χ0) is 22.9. The lowest BCUT2D eigenvalue weighted by Gasteiger charge is -2.33. The molecule has 31 heavy (non-hydrogen) atoms. The molecule has 1 aliphatic rings. The molecule has 3 rings (SSSR count). The lowest BCUT2D eigenvalue weighted by atomic mass is 9.93. The zero-order valence-corrected chi connectivity index (χ0v) is 18.5. The molecule has 1 aromatic heterocycles. The van der Waals surface area contributed by atoms with Crippen molar-refractivity contribution in [2.75, 3.05) is 0 Å². The number of ether oxygens (including phenoxy) is 3. The van der Waals surface area contributed by atoms with E-state index in [1.807, 2.05) is 0 Å². The number of hydrogen-bond acceptors (Lipinski definition) is 7. The van der Waals surface area contributed by atoms with Gasteiger partial charge in [-0.25, -0.2) is 14.4 Å². The Morgan fingerprint density at radius 2 is 1.61 bits per heavy atom. The molecule has 0 radical (unpaired) electrons. The largest absolute Gasteiger partial charge is 0.481 e. The second-order valence-electron chi connectivity index (χ2n) is 7.95. The molecule has 1 aliphatic heterocycles. The summed E-state index contributed by atoms with van der Waals surface area (Å²) in [4.78, 5) is 37.0. The molecule has 2 aromatic rings. The van der Waals surface area contributed by atoms with Crippen LogP contribution in [0.25, 0.3) is 11.0 Å². The van der Waals surface area contributed by atoms with E-state index in [-0.39, 0.29) is 5.58 Å². The van der Waals surface area contributed by atoms with Crippen molar-refractivity contribution in [1.29, 1.82) is 0 Å². The molecule has 0 saturated heterocycles. The number of carbonyl (C=O) groups is 2. The Morgan fingerprint density at radius 3 is 2.26 bits per heavy atom. The average Bonchev–Trinajstić information content (AvgIpc) is 3.11. The van der Waals surface area contributed by atoms with E-state index in [2.05, 4.69) is 0 Å². The molecule has 0 saturated carbocycles. The van der Waals surface area contributed by atoms with Gasteiger partial charge in [-0.15, -0.1) is 0 Å². The number of hydrogen-bond donors (Lipinski definition) is 0. The normalized spacial score (nSPS) is 19.0. The summed E-state index contributed by atoms with van der Waals surface area (Å²) in [6.07, 6.45) is 1.47. The van der Waals surface area contributed by atoms with E-state index in [0.717, 1.165) is 0 Å². The fourth-order valence-electron chi connectivity index (χ4n) is 3.31. The lowest BCUT2D eigenvalue weighted by Crippen LogP contribution is -2.46. The van der Waals surface area contributed by atoms with Crippen LogP contribution >= 0.6 is 0 Å². The van der Waals surface area contributed by atoms with Crippen LogP contribution in [0.3, 0.4) is 0 Å². The van der Waals surface area contributed by atoms with E-state index in [1.165, 1.54) is 6.07 Å². The number of allylic oxidation sites excluding steroid dienone is 2. The van der Waals surface area contributed by atoms with Gasteiger partial charge in [0.1, 0.15) is 16.9 Å². The van der Waals surface area contributed by atoms with E-state index in [4.69, 9.17) is 18.6 Å². The first-order chi connectivity index (χ1) is 14.6. The quantitative estimate of drug-likeness (QED) is 0.398. The second kappa shape index (κ2) is 8.41. The summed E-state index contributed by atoms with van der Waals surface area (Å²) in [5, 5.41) is 0.658. The van der Waals surface area contributed by atoms with Crippen LogP contribution in [0.4, 0.5) is 0 Å². The van der Waals surface area contributed by atoms with Gasteiger partial charge in [-0.05, 0) is 59.7 Å². The van der Waals surface area contributed by atoms with Crippen molar-refractivity contribution in [2.45, 2.75) is 59.4 Å². The fourth-order valence-corrected chi connectivity index (χ4v) is 3.31. The smallest absolute Gasteiger partial charge is 0.336 e. The van der Waals surface area contributed by atoms with Crippen molar-refractivity contribution in [3.05, 3.63) is 63.5 Å².